The van der Waals surface area contributed by atoms with Gasteiger partial charge in [-0.25, -0.2) is 0 Å². The van der Waals surface area contributed by atoms with Crippen molar-refractivity contribution in [3.63, 3.8) is 0 Å². The van der Waals surface area contributed by atoms with E-state index in [9.17, 15) is 19.8 Å². The van der Waals surface area contributed by atoms with Gasteiger partial charge in [-0.05, 0) is 50.3 Å². The molecule has 0 bridgehead atoms. The van der Waals surface area contributed by atoms with E-state index in [4.69, 9.17) is 9.47 Å². The van der Waals surface area contributed by atoms with E-state index in [1.165, 1.54) is 24.1 Å². The Balaban J connectivity index is 2.10. The van der Waals surface area contributed by atoms with Gasteiger partial charge in [0.2, 0.25) is 0 Å². The quantitative estimate of drug-likeness (QED) is 0.341. The van der Waals surface area contributed by atoms with Crippen LogP contribution in [0.2, 0.25) is 0 Å². The number of Topliss-reactive ketones (excluding diaryl/α,β-unsaturated/α-hetero) is 1. The fourth-order valence-electron chi connectivity index (χ4n) is 3.71. The smallest absolute Gasteiger partial charge is 0.295 e. The van der Waals surface area contributed by atoms with E-state index in [2.05, 4.69) is 0 Å². The van der Waals surface area contributed by atoms with Gasteiger partial charge >= 0.3 is 0 Å². The summed E-state index contributed by atoms with van der Waals surface area (Å²) in [5, 5.41) is 21.5. The van der Waals surface area contributed by atoms with Crippen LogP contribution >= 0.6 is 0 Å². The number of carbonyl (C=O) groups is 2. The molecule has 0 spiro atoms. The van der Waals surface area contributed by atoms with Crippen LogP contribution in [-0.4, -0.2) is 72.6 Å². The Morgan fingerprint density at radius 1 is 1.09 bits per heavy atom. The number of likely N-dealkylation sites (N-methyl/N-ethyl adjacent to an activating group) is 1. The first-order valence-corrected chi connectivity index (χ1v) is 10.8. The number of hydrogen-bond donors (Lipinski definition) is 2. The van der Waals surface area contributed by atoms with E-state index >= 15 is 0 Å². The van der Waals surface area contributed by atoms with Gasteiger partial charge in [0.05, 0.1) is 30.9 Å². The highest BCUT2D eigenvalue weighted by Gasteiger charge is 2.46. The third-order valence-electron chi connectivity index (χ3n) is 5.46. The van der Waals surface area contributed by atoms with E-state index in [1.807, 2.05) is 25.9 Å². The highest BCUT2D eigenvalue weighted by molar-refractivity contribution is 6.46. The number of benzene rings is 2. The normalized spacial score (nSPS) is 17.6. The number of likely N-dealkylation sites (tertiary alicyclic amines) is 1. The number of phenolic OH excluding ortho intramolecular Hbond substituents is 1. The summed E-state index contributed by atoms with van der Waals surface area (Å²) < 4.78 is 10.7. The standard InChI is InChI=1S/C25H30N2O6/c1-5-14-33-17-8-6-16(7-9-17)22-21(24(30)25(31)27(22)13-12-26(2)3)23(29)19-11-10-18(32-4)15-20(19)28/h6-11,15,22,28-29H,5,12-14H2,1-4H3. The molecule has 0 saturated carbocycles. The predicted molar refractivity (Wildman–Crippen MR) is 124 cm³/mol. The first-order valence-electron chi connectivity index (χ1n) is 10.8. The number of rotatable bonds is 9. The fraction of sp³-hybridized carbons (Fsp3) is 0.360. The maximum absolute atomic E-state index is 13.0. The molecule has 1 amide bonds. The van der Waals surface area contributed by atoms with Crippen LogP contribution in [0.5, 0.6) is 17.2 Å². The molecule has 3 rings (SSSR count). The molecule has 1 fully saturated rings. The second-order valence-corrected chi connectivity index (χ2v) is 8.10. The number of aliphatic hydroxyl groups is 1. The van der Waals surface area contributed by atoms with Crippen LogP contribution in [0, 0.1) is 0 Å². The van der Waals surface area contributed by atoms with Gasteiger partial charge in [0.25, 0.3) is 11.7 Å². The Bertz CT molecular complexity index is 1050. The summed E-state index contributed by atoms with van der Waals surface area (Å²) in [5.74, 6) is -1.10. The topological polar surface area (TPSA) is 99.5 Å². The largest absolute Gasteiger partial charge is 0.507 e. The number of aromatic hydroxyl groups is 1. The van der Waals surface area contributed by atoms with Crippen molar-refractivity contribution in [1.82, 2.24) is 9.80 Å². The van der Waals surface area contributed by atoms with E-state index in [1.54, 1.807) is 30.3 Å². The van der Waals surface area contributed by atoms with Gasteiger partial charge in [-0.1, -0.05) is 19.1 Å². The molecule has 0 aromatic heterocycles. The second-order valence-electron chi connectivity index (χ2n) is 8.10. The molecule has 2 N–H and O–H groups in total. The monoisotopic (exact) mass is 454 g/mol. The lowest BCUT2D eigenvalue weighted by atomic mass is 9.95. The zero-order valence-corrected chi connectivity index (χ0v) is 19.4. The lowest BCUT2D eigenvalue weighted by molar-refractivity contribution is -0.140. The van der Waals surface area contributed by atoms with E-state index in [0.29, 0.717) is 36.8 Å². The molecule has 1 unspecified atom stereocenters. The van der Waals surface area contributed by atoms with Gasteiger partial charge in [0.1, 0.15) is 23.0 Å². The zero-order valence-electron chi connectivity index (χ0n) is 19.4. The number of amides is 1. The van der Waals surface area contributed by atoms with Crippen LogP contribution < -0.4 is 9.47 Å². The van der Waals surface area contributed by atoms with Crippen LogP contribution in [0.3, 0.4) is 0 Å². The lowest BCUT2D eigenvalue weighted by Crippen LogP contribution is -2.35. The van der Waals surface area contributed by atoms with Gasteiger partial charge < -0.3 is 29.5 Å². The van der Waals surface area contributed by atoms with Crippen molar-refractivity contribution in [3.8, 4) is 17.2 Å². The third-order valence-corrected chi connectivity index (χ3v) is 5.46. The van der Waals surface area contributed by atoms with Crippen molar-refractivity contribution in [2.75, 3.05) is 40.9 Å². The molecule has 8 heteroatoms. The minimum atomic E-state index is -0.799. The minimum absolute atomic E-state index is 0.0503. The van der Waals surface area contributed by atoms with Crippen molar-refractivity contribution >= 4 is 17.4 Å². The molecule has 1 saturated heterocycles. The number of ether oxygens (including phenoxy) is 2. The Kier molecular flexibility index (Phi) is 7.60. The molecule has 1 aliphatic heterocycles. The summed E-state index contributed by atoms with van der Waals surface area (Å²) in [5.41, 5.74) is 0.641. The van der Waals surface area contributed by atoms with E-state index in [-0.39, 0.29) is 16.9 Å². The molecule has 0 radical (unpaired) electrons. The number of nitrogens with zero attached hydrogens (tertiary/aromatic N) is 2. The van der Waals surface area contributed by atoms with Crippen molar-refractivity contribution in [1.29, 1.82) is 0 Å². The average Bonchev–Trinajstić information content (AvgIpc) is 3.06. The summed E-state index contributed by atoms with van der Waals surface area (Å²) >= 11 is 0. The molecule has 176 valence electrons. The van der Waals surface area contributed by atoms with Crippen molar-refractivity contribution in [2.45, 2.75) is 19.4 Å². The molecule has 1 aliphatic rings. The Labute approximate surface area is 193 Å². The van der Waals surface area contributed by atoms with Crippen LogP contribution in [0.4, 0.5) is 0 Å². The summed E-state index contributed by atoms with van der Waals surface area (Å²) in [6, 6.07) is 10.7. The Morgan fingerprint density at radius 3 is 2.33 bits per heavy atom. The number of aliphatic hydroxyl groups excluding tert-OH is 1. The van der Waals surface area contributed by atoms with E-state index in [0.717, 1.165) is 6.42 Å². The van der Waals surface area contributed by atoms with Crippen LogP contribution in [0.15, 0.2) is 48.0 Å². The summed E-state index contributed by atoms with van der Waals surface area (Å²) in [6.45, 7) is 3.43. The maximum Gasteiger partial charge on any atom is 0.295 e. The molecular formula is C25H30N2O6. The first kappa shape index (κ1) is 24.1. The number of methoxy groups -OCH3 is 1. The molecule has 2 aromatic rings. The summed E-state index contributed by atoms with van der Waals surface area (Å²) in [6.07, 6.45) is 0.873. The van der Waals surface area contributed by atoms with Gasteiger partial charge in [0.15, 0.2) is 0 Å². The second kappa shape index (κ2) is 10.4. The van der Waals surface area contributed by atoms with Gasteiger partial charge in [0, 0.05) is 19.2 Å². The van der Waals surface area contributed by atoms with Gasteiger partial charge in [-0.3, -0.25) is 9.59 Å². The Hall–Kier alpha value is -3.52. The third kappa shape index (κ3) is 5.12. The zero-order chi connectivity index (χ0) is 24.1. The minimum Gasteiger partial charge on any atom is -0.507 e. The van der Waals surface area contributed by atoms with Crippen LogP contribution in [0.1, 0.15) is 30.5 Å². The molecule has 2 aromatic carbocycles. The van der Waals surface area contributed by atoms with Crippen LogP contribution in [-0.2, 0) is 9.59 Å². The Morgan fingerprint density at radius 2 is 1.76 bits per heavy atom. The van der Waals surface area contributed by atoms with Crippen molar-refractivity contribution in [3.05, 3.63) is 59.2 Å². The first-order chi connectivity index (χ1) is 15.8. The molecule has 1 atom stereocenters. The summed E-state index contributed by atoms with van der Waals surface area (Å²) in [4.78, 5) is 29.4. The van der Waals surface area contributed by atoms with Gasteiger partial charge in [-0.2, -0.15) is 0 Å². The van der Waals surface area contributed by atoms with Crippen molar-refractivity contribution < 1.29 is 29.3 Å². The fourth-order valence-corrected chi connectivity index (χ4v) is 3.71. The lowest BCUT2D eigenvalue weighted by Gasteiger charge is -2.26. The molecule has 8 nitrogen and oxygen atoms in total. The molecule has 1 heterocycles. The molecular weight excluding hydrogens is 424 g/mol. The van der Waals surface area contributed by atoms with Gasteiger partial charge in [-0.15, -0.1) is 0 Å². The van der Waals surface area contributed by atoms with E-state index < -0.39 is 23.5 Å². The molecule has 33 heavy (non-hydrogen) atoms. The number of carbonyl (C=O) groups excluding carboxylic acids is 2. The summed E-state index contributed by atoms with van der Waals surface area (Å²) in [7, 11) is 5.21. The molecule has 0 aliphatic carbocycles. The highest BCUT2D eigenvalue weighted by Crippen LogP contribution is 2.41. The maximum atomic E-state index is 13.0. The number of hydrogen-bond acceptors (Lipinski definition) is 7. The highest BCUT2D eigenvalue weighted by atomic mass is 16.5. The number of ketones is 1. The predicted octanol–water partition coefficient (Wildman–Crippen LogP) is 3.17. The SMILES string of the molecule is CCCOc1ccc(C2C(=C(O)c3ccc(OC)cc3O)C(=O)C(=O)N2CCN(C)C)cc1. The van der Waals surface area contributed by atoms with Crippen LogP contribution in [0.25, 0.3) is 5.76 Å². The number of phenols is 1. The average molecular weight is 455 g/mol. The van der Waals surface area contributed by atoms with Crippen molar-refractivity contribution in [2.24, 2.45) is 0 Å².